The second kappa shape index (κ2) is 6.50. The summed E-state index contributed by atoms with van der Waals surface area (Å²) in [5.41, 5.74) is 2.09. The molecular formula is C16H17N5O2S. The predicted octanol–water partition coefficient (Wildman–Crippen LogP) is 2.24. The van der Waals surface area contributed by atoms with E-state index in [-0.39, 0.29) is 10.9 Å². The first kappa shape index (κ1) is 16.3. The standard InChI is InChI=1S/C16H17N5O2S/c1-2-13(11-4-3-5-12(10-11)24(17,22)23)20-15-7-6-14-16(21-15)19-9-8-18-14/h3-10,13H,2H2,1H3,(H2,17,22,23)(H,19,20,21). The molecule has 7 nitrogen and oxygen atoms in total. The van der Waals surface area contributed by atoms with Crippen LogP contribution in [0.3, 0.4) is 0 Å². The third-order valence-corrected chi connectivity index (χ3v) is 4.56. The van der Waals surface area contributed by atoms with Crippen LogP contribution < -0.4 is 10.5 Å². The van der Waals surface area contributed by atoms with Crippen LogP contribution in [0.15, 0.2) is 53.7 Å². The van der Waals surface area contributed by atoms with E-state index in [2.05, 4.69) is 20.3 Å². The van der Waals surface area contributed by atoms with Gasteiger partial charge in [-0.3, -0.25) is 4.98 Å². The lowest BCUT2D eigenvalue weighted by Crippen LogP contribution is -2.15. The molecule has 3 aromatic rings. The van der Waals surface area contributed by atoms with Gasteiger partial charge < -0.3 is 5.32 Å². The van der Waals surface area contributed by atoms with E-state index >= 15 is 0 Å². The van der Waals surface area contributed by atoms with Crippen molar-refractivity contribution in [3.63, 3.8) is 0 Å². The van der Waals surface area contributed by atoms with Gasteiger partial charge in [-0.05, 0) is 36.2 Å². The highest BCUT2D eigenvalue weighted by molar-refractivity contribution is 7.89. The Hall–Kier alpha value is -2.58. The van der Waals surface area contributed by atoms with Crippen LogP contribution in [0.25, 0.3) is 11.2 Å². The molecule has 124 valence electrons. The van der Waals surface area contributed by atoms with Crippen molar-refractivity contribution in [3.05, 3.63) is 54.4 Å². The Kier molecular flexibility index (Phi) is 4.41. The fraction of sp³-hybridized carbons (Fsp3) is 0.188. The van der Waals surface area contributed by atoms with E-state index in [9.17, 15) is 8.42 Å². The smallest absolute Gasteiger partial charge is 0.238 e. The van der Waals surface area contributed by atoms with Crippen molar-refractivity contribution in [1.29, 1.82) is 0 Å². The number of primary sulfonamides is 1. The van der Waals surface area contributed by atoms with Crippen molar-refractivity contribution in [1.82, 2.24) is 15.0 Å². The summed E-state index contributed by atoms with van der Waals surface area (Å²) in [4.78, 5) is 12.9. The molecule has 0 aliphatic heterocycles. The molecule has 0 aliphatic carbocycles. The van der Waals surface area contributed by atoms with Crippen LogP contribution in [0.1, 0.15) is 24.9 Å². The van der Waals surface area contributed by atoms with Gasteiger partial charge >= 0.3 is 0 Å². The van der Waals surface area contributed by atoms with Gasteiger partial charge in [0.25, 0.3) is 0 Å². The number of benzene rings is 1. The molecule has 24 heavy (non-hydrogen) atoms. The minimum absolute atomic E-state index is 0.0950. The van der Waals surface area contributed by atoms with Gasteiger partial charge in [0.2, 0.25) is 10.0 Å². The maximum absolute atomic E-state index is 11.5. The van der Waals surface area contributed by atoms with Crippen molar-refractivity contribution in [2.45, 2.75) is 24.3 Å². The van der Waals surface area contributed by atoms with Crippen LogP contribution in [-0.4, -0.2) is 23.4 Å². The Morgan fingerprint density at radius 3 is 2.71 bits per heavy atom. The third kappa shape index (κ3) is 3.50. The molecule has 3 N–H and O–H groups in total. The van der Waals surface area contributed by atoms with Crippen LogP contribution in [-0.2, 0) is 10.0 Å². The highest BCUT2D eigenvalue weighted by atomic mass is 32.2. The molecule has 0 bridgehead atoms. The number of fused-ring (bicyclic) bond motifs is 1. The molecule has 0 amide bonds. The van der Waals surface area contributed by atoms with Crippen molar-refractivity contribution in [2.75, 3.05) is 5.32 Å². The number of rotatable bonds is 5. The molecule has 0 aliphatic rings. The minimum Gasteiger partial charge on any atom is -0.363 e. The van der Waals surface area contributed by atoms with E-state index in [1.807, 2.05) is 25.1 Å². The van der Waals surface area contributed by atoms with Gasteiger partial charge in [-0.2, -0.15) is 0 Å². The van der Waals surface area contributed by atoms with Gasteiger partial charge in [-0.15, -0.1) is 0 Å². The summed E-state index contributed by atoms with van der Waals surface area (Å²) in [6, 6.07) is 10.2. The Morgan fingerprint density at radius 1 is 1.17 bits per heavy atom. The lowest BCUT2D eigenvalue weighted by molar-refractivity contribution is 0.597. The zero-order valence-electron chi connectivity index (χ0n) is 13.0. The van der Waals surface area contributed by atoms with Crippen LogP contribution in [0.5, 0.6) is 0 Å². The van der Waals surface area contributed by atoms with Crippen molar-refractivity contribution in [2.24, 2.45) is 5.14 Å². The minimum atomic E-state index is -3.73. The Morgan fingerprint density at radius 2 is 1.96 bits per heavy atom. The van der Waals surface area contributed by atoms with Gasteiger partial charge in [-0.25, -0.2) is 23.5 Å². The first-order valence-corrected chi connectivity index (χ1v) is 8.99. The summed E-state index contributed by atoms with van der Waals surface area (Å²) in [7, 11) is -3.73. The van der Waals surface area contributed by atoms with Crippen LogP contribution in [0, 0.1) is 0 Å². The molecule has 0 spiro atoms. The van der Waals surface area contributed by atoms with Crippen molar-refractivity contribution >= 4 is 27.0 Å². The monoisotopic (exact) mass is 343 g/mol. The van der Waals surface area contributed by atoms with Gasteiger partial charge in [0.05, 0.1) is 10.9 Å². The molecule has 1 atom stereocenters. The number of nitrogens with zero attached hydrogens (tertiary/aromatic N) is 3. The molecule has 2 heterocycles. The lowest BCUT2D eigenvalue weighted by atomic mass is 10.0. The number of nitrogens with one attached hydrogen (secondary N) is 1. The van der Waals surface area contributed by atoms with Crippen molar-refractivity contribution < 1.29 is 8.42 Å². The quantitative estimate of drug-likeness (QED) is 0.735. The van der Waals surface area contributed by atoms with Gasteiger partial charge in [0.15, 0.2) is 5.65 Å². The number of sulfonamides is 1. The molecule has 0 saturated carbocycles. The Labute approximate surface area is 140 Å². The average molecular weight is 343 g/mol. The molecule has 0 saturated heterocycles. The van der Waals surface area contributed by atoms with E-state index < -0.39 is 10.0 Å². The molecule has 2 aromatic heterocycles. The molecule has 8 heteroatoms. The number of pyridine rings is 1. The summed E-state index contributed by atoms with van der Waals surface area (Å²) in [5.74, 6) is 0.649. The summed E-state index contributed by atoms with van der Waals surface area (Å²) in [5, 5.41) is 8.51. The van der Waals surface area contributed by atoms with Gasteiger partial charge in [0, 0.05) is 12.4 Å². The maximum atomic E-state index is 11.5. The van der Waals surface area contributed by atoms with E-state index in [1.165, 1.54) is 6.07 Å². The molecule has 3 rings (SSSR count). The fourth-order valence-corrected chi connectivity index (χ4v) is 3.01. The topological polar surface area (TPSA) is 111 Å². The van der Waals surface area contributed by atoms with Gasteiger partial charge in [-0.1, -0.05) is 19.1 Å². The highest BCUT2D eigenvalue weighted by Gasteiger charge is 2.14. The number of nitrogens with two attached hydrogens (primary N) is 1. The molecule has 1 unspecified atom stereocenters. The Bertz CT molecular complexity index is 975. The number of aromatic nitrogens is 3. The number of anilines is 1. The normalized spacial score (nSPS) is 12.9. The highest BCUT2D eigenvalue weighted by Crippen LogP contribution is 2.24. The maximum Gasteiger partial charge on any atom is 0.238 e. The summed E-state index contributed by atoms with van der Waals surface area (Å²) in [6.45, 7) is 2.00. The Balaban J connectivity index is 1.91. The fourth-order valence-electron chi connectivity index (χ4n) is 2.44. The van der Waals surface area contributed by atoms with Gasteiger partial charge in [0.1, 0.15) is 11.3 Å². The zero-order valence-corrected chi connectivity index (χ0v) is 13.9. The SMILES string of the molecule is CCC(Nc1ccc2nccnc2n1)c1cccc(S(N)(=O)=O)c1. The first-order valence-electron chi connectivity index (χ1n) is 7.44. The van der Waals surface area contributed by atoms with E-state index in [0.717, 1.165) is 12.0 Å². The van der Waals surface area contributed by atoms with Crippen LogP contribution in [0.2, 0.25) is 0 Å². The summed E-state index contributed by atoms with van der Waals surface area (Å²) >= 11 is 0. The second-order valence-corrected chi connectivity index (χ2v) is 6.88. The lowest BCUT2D eigenvalue weighted by Gasteiger charge is -2.18. The van der Waals surface area contributed by atoms with E-state index in [1.54, 1.807) is 24.5 Å². The van der Waals surface area contributed by atoms with Crippen LogP contribution >= 0.6 is 0 Å². The first-order chi connectivity index (χ1) is 11.5. The predicted molar refractivity (Wildman–Crippen MR) is 91.8 cm³/mol. The number of hydrogen-bond acceptors (Lipinski definition) is 6. The van der Waals surface area contributed by atoms with E-state index in [4.69, 9.17) is 5.14 Å². The molecule has 1 aromatic carbocycles. The molecule has 0 radical (unpaired) electrons. The van der Waals surface area contributed by atoms with Crippen LogP contribution in [0.4, 0.5) is 5.82 Å². The third-order valence-electron chi connectivity index (χ3n) is 3.65. The average Bonchev–Trinajstić information content (AvgIpc) is 2.59. The summed E-state index contributed by atoms with van der Waals surface area (Å²) < 4.78 is 23.1. The second-order valence-electron chi connectivity index (χ2n) is 5.32. The largest absolute Gasteiger partial charge is 0.363 e. The zero-order chi connectivity index (χ0) is 17.2. The summed E-state index contributed by atoms with van der Waals surface area (Å²) in [6.07, 6.45) is 3.95. The molecule has 0 fully saturated rings. The van der Waals surface area contributed by atoms with Crippen molar-refractivity contribution in [3.8, 4) is 0 Å². The molecular weight excluding hydrogens is 326 g/mol. The van der Waals surface area contributed by atoms with E-state index in [0.29, 0.717) is 17.0 Å². The number of hydrogen-bond donors (Lipinski definition) is 2.